The van der Waals surface area contributed by atoms with Gasteiger partial charge in [0.1, 0.15) is 18.1 Å². The monoisotopic (exact) mass is 536 g/mol. The third kappa shape index (κ3) is 14.3. The van der Waals surface area contributed by atoms with Crippen LogP contribution in [0.5, 0.6) is 0 Å². The molecule has 16 heteroatoms. The van der Waals surface area contributed by atoms with Gasteiger partial charge < -0.3 is 44.0 Å². The number of hydrogen-bond donors (Lipinski definition) is 9. The van der Waals surface area contributed by atoms with E-state index in [2.05, 4.69) is 33.6 Å². The number of rotatable bonds is 18. The van der Waals surface area contributed by atoms with Crippen molar-refractivity contribution in [3.63, 3.8) is 0 Å². The zero-order chi connectivity index (χ0) is 27.0. The van der Waals surface area contributed by atoms with Crippen LogP contribution in [0.3, 0.4) is 0 Å². The number of carboxylic acid groups (broad SMARTS) is 1. The van der Waals surface area contributed by atoms with Crippen LogP contribution >= 0.6 is 24.4 Å². The number of aliphatic carboxylic acids is 1. The Kier molecular flexibility index (Phi) is 16.3. The molecule has 4 unspecified atom stereocenters. The Morgan fingerprint density at radius 1 is 0.914 bits per heavy atom. The SMILES string of the molecule is CSCCC(NC(=O)C(CCCN=C(N)N)NC(=O)C(N)CCC(N)=O)C(=O)NC(CS)C(=O)O. The molecule has 0 bridgehead atoms. The molecule has 0 saturated carbocycles. The highest BCUT2D eigenvalue weighted by Crippen LogP contribution is 2.06. The number of hydrogen-bond acceptors (Lipinski definition) is 9. The van der Waals surface area contributed by atoms with Crippen LogP contribution in [-0.2, 0) is 24.0 Å². The van der Waals surface area contributed by atoms with Gasteiger partial charge in [0, 0.05) is 18.7 Å². The lowest BCUT2D eigenvalue weighted by Crippen LogP contribution is -2.57. The lowest BCUT2D eigenvalue weighted by molar-refractivity contribution is -0.141. The Morgan fingerprint density at radius 3 is 1.94 bits per heavy atom. The topological polar surface area (TPSA) is 258 Å². The molecule has 0 aromatic carbocycles. The number of carbonyl (C=O) groups excluding carboxylic acids is 4. The molecular weight excluding hydrogens is 500 g/mol. The number of carboxylic acids is 1. The van der Waals surface area contributed by atoms with Crippen molar-refractivity contribution in [3.8, 4) is 0 Å². The number of carbonyl (C=O) groups is 5. The summed E-state index contributed by atoms with van der Waals surface area (Å²) in [5.74, 6) is -3.72. The first-order valence-electron chi connectivity index (χ1n) is 10.8. The maximum atomic E-state index is 13.0. The van der Waals surface area contributed by atoms with Crippen LogP contribution in [0.1, 0.15) is 32.1 Å². The molecule has 0 aliphatic rings. The Hall–Kier alpha value is -2.72. The molecule has 12 N–H and O–H groups in total. The molecule has 4 amide bonds. The number of nitrogens with zero attached hydrogens (tertiary/aromatic N) is 1. The molecule has 14 nitrogen and oxygen atoms in total. The van der Waals surface area contributed by atoms with Gasteiger partial charge in [0.2, 0.25) is 23.6 Å². The van der Waals surface area contributed by atoms with Crippen molar-refractivity contribution in [2.45, 2.75) is 56.3 Å². The van der Waals surface area contributed by atoms with E-state index in [9.17, 15) is 24.0 Å². The molecule has 0 aliphatic heterocycles. The number of nitrogens with one attached hydrogen (secondary N) is 3. The molecule has 0 radical (unpaired) electrons. The maximum absolute atomic E-state index is 13.0. The number of amides is 4. The van der Waals surface area contributed by atoms with Crippen LogP contribution < -0.4 is 38.9 Å². The summed E-state index contributed by atoms with van der Waals surface area (Å²) in [5.41, 5.74) is 21.5. The third-order valence-corrected chi connectivity index (χ3v) is 5.67. The van der Waals surface area contributed by atoms with Gasteiger partial charge in [-0.3, -0.25) is 24.2 Å². The van der Waals surface area contributed by atoms with Crippen LogP contribution in [0.2, 0.25) is 0 Å². The van der Waals surface area contributed by atoms with Gasteiger partial charge in [-0.2, -0.15) is 24.4 Å². The van der Waals surface area contributed by atoms with Crippen molar-refractivity contribution in [2.75, 3.05) is 24.3 Å². The van der Waals surface area contributed by atoms with E-state index < -0.39 is 53.8 Å². The number of primary amides is 1. The van der Waals surface area contributed by atoms with Crippen LogP contribution in [0.15, 0.2) is 4.99 Å². The third-order valence-electron chi connectivity index (χ3n) is 4.66. The predicted molar refractivity (Wildman–Crippen MR) is 137 cm³/mol. The summed E-state index contributed by atoms with van der Waals surface area (Å²) in [5, 5.41) is 16.6. The smallest absolute Gasteiger partial charge is 0.327 e. The van der Waals surface area contributed by atoms with Crippen molar-refractivity contribution < 1.29 is 29.1 Å². The quantitative estimate of drug-likeness (QED) is 0.0368. The summed E-state index contributed by atoms with van der Waals surface area (Å²) < 4.78 is 0. The van der Waals surface area contributed by atoms with E-state index in [0.29, 0.717) is 12.2 Å². The molecule has 35 heavy (non-hydrogen) atoms. The molecule has 0 aromatic rings. The van der Waals surface area contributed by atoms with E-state index in [4.69, 9.17) is 28.0 Å². The van der Waals surface area contributed by atoms with Crippen LogP contribution in [0.25, 0.3) is 0 Å². The summed E-state index contributed by atoms with van der Waals surface area (Å²) in [6, 6.07) is -4.48. The molecule has 0 spiro atoms. The summed E-state index contributed by atoms with van der Waals surface area (Å²) in [6.07, 6.45) is 2.33. The second-order valence-electron chi connectivity index (χ2n) is 7.55. The first kappa shape index (κ1) is 32.3. The van der Waals surface area contributed by atoms with Gasteiger partial charge in [-0.05, 0) is 37.7 Å². The molecule has 0 aliphatic carbocycles. The lowest BCUT2D eigenvalue weighted by Gasteiger charge is -2.25. The largest absolute Gasteiger partial charge is 0.480 e. The van der Waals surface area contributed by atoms with Crippen LogP contribution in [0, 0.1) is 0 Å². The summed E-state index contributed by atoms with van der Waals surface area (Å²) >= 11 is 5.35. The highest BCUT2D eigenvalue weighted by Gasteiger charge is 2.29. The Bertz CT molecular complexity index is 766. The van der Waals surface area contributed by atoms with E-state index in [1.807, 2.05) is 6.26 Å². The van der Waals surface area contributed by atoms with Crippen LogP contribution in [-0.4, -0.2) is 89.1 Å². The minimum Gasteiger partial charge on any atom is -0.480 e. The van der Waals surface area contributed by atoms with Gasteiger partial charge in [-0.1, -0.05) is 0 Å². The average Bonchev–Trinajstić information content (AvgIpc) is 2.79. The number of nitrogens with two attached hydrogens (primary N) is 4. The maximum Gasteiger partial charge on any atom is 0.327 e. The Morgan fingerprint density at radius 2 is 1.46 bits per heavy atom. The van der Waals surface area contributed by atoms with E-state index in [1.54, 1.807) is 0 Å². The molecule has 0 heterocycles. The molecular formula is C19H36N8O6S2. The zero-order valence-electron chi connectivity index (χ0n) is 19.6. The Balaban J connectivity index is 5.48. The fraction of sp³-hybridized carbons (Fsp3) is 0.684. The summed E-state index contributed by atoms with van der Waals surface area (Å²) in [7, 11) is 0. The minimum atomic E-state index is -1.27. The van der Waals surface area contributed by atoms with E-state index in [1.165, 1.54) is 11.8 Å². The minimum absolute atomic E-state index is 0.0113. The predicted octanol–water partition coefficient (Wildman–Crippen LogP) is -3.15. The first-order chi connectivity index (χ1) is 16.4. The van der Waals surface area contributed by atoms with Crippen molar-refractivity contribution in [1.82, 2.24) is 16.0 Å². The second kappa shape index (κ2) is 17.7. The second-order valence-corrected chi connectivity index (χ2v) is 8.90. The standard InChI is InChI=1S/C19H36N8O6S2/c1-35-8-6-12(17(31)27-13(9-34)18(32)33)26-16(30)11(3-2-7-24-19(22)23)25-15(29)10(20)4-5-14(21)28/h10-13,34H,2-9,20H2,1H3,(H2,21,28)(H,25,29)(H,26,30)(H,27,31)(H,32,33)(H4,22,23,24). The van der Waals surface area contributed by atoms with E-state index in [0.717, 1.165) is 0 Å². The van der Waals surface area contributed by atoms with Crippen molar-refractivity contribution >= 4 is 59.9 Å². The first-order valence-corrected chi connectivity index (χ1v) is 12.8. The van der Waals surface area contributed by atoms with Gasteiger partial charge in [0.15, 0.2) is 5.96 Å². The summed E-state index contributed by atoms with van der Waals surface area (Å²) in [4.78, 5) is 64.2. The molecule has 4 atom stereocenters. The van der Waals surface area contributed by atoms with Crippen LogP contribution in [0.4, 0.5) is 0 Å². The molecule has 0 aromatic heterocycles. The zero-order valence-corrected chi connectivity index (χ0v) is 21.3. The summed E-state index contributed by atoms with van der Waals surface area (Å²) in [6.45, 7) is 0.189. The normalized spacial score (nSPS) is 14.0. The van der Waals surface area contributed by atoms with E-state index in [-0.39, 0.29) is 43.9 Å². The van der Waals surface area contributed by atoms with Gasteiger partial charge in [-0.15, -0.1) is 0 Å². The fourth-order valence-electron chi connectivity index (χ4n) is 2.71. The van der Waals surface area contributed by atoms with Crippen molar-refractivity contribution in [2.24, 2.45) is 27.9 Å². The number of guanidine groups is 1. The van der Waals surface area contributed by atoms with E-state index >= 15 is 0 Å². The number of thiol groups is 1. The number of aliphatic imine (C=N–C) groups is 1. The highest BCUT2D eigenvalue weighted by molar-refractivity contribution is 7.98. The molecule has 0 saturated heterocycles. The molecule has 0 fully saturated rings. The van der Waals surface area contributed by atoms with Gasteiger partial charge >= 0.3 is 5.97 Å². The molecule has 200 valence electrons. The average molecular weight is 537 g/mol. The van der Waals surface area contributed by atoms with Crippen molar-refractivity contribution in [1.29, 1.82) is 0 Å². The number of thioether (sulfide) groups is 1. The fourth-order valence-corrected chi connectivity index (χ4v) is 3.43. The molecule has 0 rings (SSSR count). The highest BCUT2D eigenvalue weighted by atomic mass is 32.2. The van der Waals surface area contributed by atoms with Gasteiger partial charge in [0.05, 0.1) is 6.04 Å². The van der Waals surface area contributed by atoms with Crippen molar-refractivity contribution in [3.05, 3.63) is 0 Å². The Labute approximate surface area is 213 Å². The lowest BCUT2D eigenvalue weighted by atomic mass is 10.1. The van der Waals surface area contributed by atoms with Gasteiger partial charge in [0.25, 0.3) is 0 Å². The van der Waals surface area contributed by atoms with Gasteiger partial charge in [-0.25, -0.2) is 4.79 Å².